The van der Waals surface area contributed by atoms with Crippen LogP contribution in [0.4, 0.5) is 5.82 Å². The number of thioether (sulfide) groups is 1. The maximum absolute atomic E-state index is 12.7. The summed E-state index contributed by atoms with van der Waals surface area (Å²) in [7, 11) is 0. The second-order valence-corrected chi connectivity index (χ2v) is 6.21. The van der Waals surface area contributed by atoms with Crippen molar-refractivity contribution in [3.05, 3.63) is 78.1 Å². The Morgan fingerprint density at radius 1 is 1.09 bits per heavy atom. The molecule has 3 rings (SSSR count). The van der Waals surface area contributed by atoms with Gasteiger partial charge in [0.05, 0.1) is 0 Å². The van der Waals surface area contributed by atoms with Gasteiger partial charge in [-0.3, -0.25) is 4.79 Å². The molecular weight excluding hydrogens is 308 g/mol. The topological polar surface area (TPSA) is 55.1 Å². The van der Waals surface area contributed by atoms with Crippen LogP contribution in [0.25, 0.3) is 0 Å². The highest BCUT2D eigenvalue weighted by molar-refractivity contribution is 8.00. The molecule has 2 aromatic carbocycles. The number of benzene rings is 2. The van der Waals surface area contributed by atoms with E-state index in [0.29, 0.717) is 11.6 Å². The molecule has 5 heteroatoms. The quantitative estimate of drug-likeness (QED) is 0.704. The minimum atomic E-state index is -0.365. The van der Waals surface area contributed by atoms with Gasteiger partial charge in [-0.1, -0.05) is 53.7 Å². The number of rotatable bonds is 5. The zero-order chi connectivity index (χ0) is 16.1. The molecule has 0 spiro atoms. The van der Waals surface area contributed by atoms with E-state index in [1.165, 1.54) is 11.8 Å². The standard InChI is InChI=1S/C18H16N2O2S/c1-13-12-16(20-22-13)19-18(21)17(14-8-4-2-5-9-14)23-15-10-6-3-7-11-15/h2-12,17H,1H3,(H,19,20,21)/t17-/m0/s1. The molecule has 1 aromatic heterocycles. The van der Waals surface area contributed by atoms with E-state index in [1.54, 1.807) is 13.0 Å². The Labute approximate surface area is 138 Å². The van der Waals surface area contributed by atoms with Crippen LogP contribution in [-0.2, 0) is 4.79 Å². The van der Waals surface area contributed by atoms with Gasteiger partial charge in [-0.2, -0.15) is 0 Å². The molecule has 0 fully saturated rings. The minimum absolute atomic E-state index is 0.127. The van der Waals surface area contributed by atoms with Gasteiger partial charge in [0.1, 0.15) is 11.0 Å². The van der Waals surface area contributed by atoms with Crippen LogP contribution >= 0.6 is 11.8 Å². The van der Waals surface area contributed by atoms with Gasteiger partial charge >= 0.3 is 0 Å². The van der Waals surface area contributed by atoms with E-state index in [0.717, 1.165) is 10.5 Å². The molecule has 0 saturated carbocycles. The van der Waals surface area contributed by atoms with E-state index in [2.05, 4.69) is 10.5 Å². The largest absolute Gasteiger partial charge is 0.360 e. The van der Waals surface area contributed by atoms with E-state index in [9.17, 15) is 4.79 Å². The lowest BCUT2D eigenvalue weighted by atomic mass is 10.1. The van der Waals surface area contributed by atoms with Crippen molar-refractivity contribution in [3.63, 3.8) is 0 Å². The molecule has 0 radical (unpaired) electrons. The molecule has 1 atom stereocenters. The van der Waals surface area contributed by atoms with Crippen LogP contribution in [0.15, 0.2) is 76.1 Å². The van der Waals surface area contributed by atoms with Crippen LogP contribution in [0.2, 0.25) is 0 Å². The number of aromatic nitrogens is 1. The minimum Gasteiger partial charge on any atom is -0.360 e. The third-order valence-electron chi connectivity index (χ3n) is 3.22. The highest BCUT2D eigenvalue weighted by Crippen LogP contribution is 2.36. The number of amides is 1. The van der Waals surface area contributed by atoms with E-state index in [4.69, 9.17) is 4.52 Å². The molecule has 0 aliphatic heterocycles. The van der Waals surface area contributed by atoms with Crippen LogP contribution in [-0.4, -0.2) is 11.1 Å². The second-order valence-electron chi connectivity index (χ2n) is 5.03. The fourth-order valence-electron chi connectivity index (χ4n) is 2.15. The monoisotopic (exact) mass is 324 g/mol. The van der Waals surface area contributed by atoms with Crippen molar-refractivity contribution in [2.75, 3.05) is 5.32 Å². The highest BCUT2D eigenvalue weighted by Gasteiger charge is 2.22. The summed E-state index contributed by atoms with van der Waals surface area (Å²) in [5, 5.41) is 6.27. The van der Waals surface area contributed by atoms with Crippen molar-refractivity contribution in [1.82, 2.24) is 5.16 Å². The van der Waals surface area contributed by atoms with Crippen LogP contribution in [0.1, 0.15) is 16.6 Å². The smallest absolute Gasteiger partial charge is 0.243 e. The molecule has 23 heavy (non-hydrogen) atoms. The molecule has 0 unspecified atom stereocenters. The third kappa shape index (κ3) is 4.02. The molecule has 0 aliphatic carbocycles. The zero-order valence-electron chi connectivity index (χ0n) is 12.6. The van der Waals surface area contributed by atoms with Crippen molar-refractivity contribution in [1.29, 1.82) is 0 Å². The summed E-state index contributed by atoms with van der Waals surface area (Å²) in [6.07, 6.45) is 0. The maximum atomic E-state index is 12.7. The summed E-state index contributed by atoms with van der Waals surface area (Å²) in [6.45, 7) is 1.79. The Kier molecular flexibility index (Phi) is 4.78. The molecule has 0 saturated heterocycles. The number of hydrogen-bond acceptors (Lipinski definition) is 4. The van der Waals surface area contributed by atoms with Gasteiger partial charge in [-0.05, 0) is 24.6 Å². The first kappa shape index (κ1) is 15.4. The Hall–Kier alpha value is -2.53. The first-order valence-electron chi connectivity index (χ1n) is 7.23. The lowest BCUT2D eigenvalue weighted by molar-refractivity contribution is -0.115. The summed E-state index contributed by atoms with van der Waals surface area (Å²) in [5.41, 5.74) is 0.944. The Morgan fingerprint density at radius 3 is 2.35 bits per heavy atom. The molecule has 0 aliphatic rings. The molecule has 1 N–H and O–H groups in total. The Morgan fingerprint density at radius 2 is 1.74 bits per heavy atom. The van der Waals surface area contributed by atoms with Crippen LogP contribution < -0.4 is 5.32 Å². The highest BCUT2D eigenvalue weighted by atomic mass is 32.2. The average Bonchev–Trinajstić information content (AvgIpc) is 2.99. The second kappa shape index (κ2) is 7.15. The molecule has 0 bridgehead atoms. The lowest BCUT2D eigenvalue weighted by Gasteiger charge is -2.16. The summed E-state index contributed by atoms with van der Waals surface area (Å²) >= 11 is 1.51. The first-order chi connectivity index (χ1) is 11.2. The Bertz CT molecular complexity index is 772. The lowest BCUT2D eigenvalue weighted by Crippen LogP contribution is -2.19. The normalized spacial score (nSPS) is 11.9. The van der Waals surface area contributed by atoms with E-state index in [-0.39, 0.29) is 11.2 Å². The van der Waals surface area contributed by atoms with Gasteiger partial charge in [0.25, 0.3) is 0 Å². The number of anilines is 1. The summed E-state index contributed by atoms with van der Waals surface area (Å²) in [4.78, 5) is 13.7. The van der Waals surface area contributed by atoms with Gasteiger partial charge in [-0.25, -0.2) is 0 Å². The van der Waals surface area contributed by atoms with Gasteiger partial charge < -0.3 is 9.84 Å². The van der Waals surface area contributed by atoms with Gasteiger partial charge in [-0.15, -0.1) is 11.8 Å². The number of carbonyl (C=O) groups is 1. The molecule has 3 aromatic rings. The van der Waals surface area contributed by atoms with Crippen molar-refractivity contribution < 1.29 is 9.32 Å². The van der Waals surface area contributed by atoms with Crippen molar-refractivity contribution in [2.45, 2.75) is 17.1 Å². The van der Waals surface area contributed by atoms with Crippen molar-refractivity contribution in [3.8, 4) is 0 Å². The molecule has 1 amide bonds. The Balaban J connectivity index is 1.84. The first-order valence-corrected chi connectivity index (χ1v) is 8.11. The van der Waals surface area contributed by atoms with E-state index in [1.807, 2.05) is 60.7 Å². The predicted octanol–water partition coefficient (Wildman–Crippen LogP) is 4.46. The fraction of sp³-hybridized carbons (Fsp3) is 0.111. The number of carbonyl (C=O) groups excluding carboxylic acids is 1. The average molecular weight is 324 g/mol. The summed E-state index contributed by atoms with van der Waals surface area (Å²) in [6, 6.07) is 21.3. The van der Waals surface area contributed by atoms with E-state index < -0.39 is 0 Å². The molecule has 1 heterocycles. The van der Waals surface area contributed by atoms with Crippen LogP contribution in [0.5, 0.6) is 0 Å². The predicted molar refractivity (Wildman–Crippen MR) is 91.4 cm³/mol. The number of hydrogen-bond donors (Lipinski definition) is 1. The number of nitrogens with zero attached hydrogens (tertiary/aromatic N) is 1. The maximum Gasteiger partial charge on any atom is 0.243 e. The molecule has 4 nitrogen and oxygen atoms in total. The van der Waals surface area contributed by atoms with E-state index >= 15 is 0 Å². The molecular formula is C18H16N2O2S. The summed E-state index contributed by atoms with van der Waals surface area (Å²) in [5.74, 6) is 0.965. The summed E-state index contributed by atoms with van der Waals surface area (Å²) < 4.78 is 5.00. The van der Waals surface area contributed by atoms with Crippen LogP contribution in [0.3, 0.4) is 0 Å². The van der Waals surface area contributed by atoms with Crippen molar-refractivity contribution in [2.24, 2.45) is 0 Å². The SMILES string of the molecule is Cc1cc(NC(=O)[C@@H](Sc2ccccc2)c2ccccc2)no1. The zero-order valence-corrected chi connectivity index (χ0v) is 13.4. The van der Waals surface area contributed by atoms with Gasteiger partial charge in [0.2, 0.25) is 5.91 Å². The molecule has 116 valence electrons. The van der Waals surface area contributed by atoms with Gasteiger partial charge in [0, 0.05) is 11.0 Å². The van der Waals surface area contributed by atoms with Crippen LogP contribution in [0, 0.1) is 6.92 Å². The van der Waals surface area contributed by atoms with Crippen molar-refractivity contribution >= 4 is 23.5 Å². The third-order valence-corrected chi connectivity index (χ3v) is 4.48. The van der Waals surface area contributed by atoms with Gasteiger partial charge in [0.15, 0.2) is 5.82 Å². The number of nitrogens with one attached hydrogen (secondary N) is 1. The number of aryl methyl sites for hydroxylation is 1. The fourth-order valence-corrected chi connectivity index (χ4v) is 3.20.